The molecule has 1 amide bonds. The Morgan fingerprint density at radius 3 is 2.35 bits per heavy atom. The maximum Gasteiger partial charge on any atom is 0.326 e. The van der Waals surface area contributed by atoms with E-state index in [4.69, 9.17) is 5.11 Å². The normalized spacial score (nSPS) is 13.2. The van der Waals surface area contributed by atoms with Gasteiger partial charge in [-0.05, 0) is 24.5 Å². The van der Waals surface area contributed by atoms with E-state index in [0.717, 1.165) is 17.6 Å². The Labute approximate surface area is 121 Å². The van der Waals surface area contributed by atoms with Crippen LogP contribution in [0.1, 0.15) is 29.9 Å². The zero-order valence-corrected chi connectivity index (χ0v) is 13.0. The van der Waals surface area contributed by atoms with E-state index in [0.29, 0.717) is 6.42 Å². The minimum Gasteiger partial charge on any atom is -0.480 e. The van der Waals surface area contributed by atoms with Crippen LogP contribution >= 0.6 is 11.3 Å². The minimum absolute atomic E-state index is 0.0818. The average molecular weight is 319 g/mol. The van der Waals surface area contributed by atoms with Crippen molar-refractivity contribution in [3.63, 3.8) is 0 Å². The Hall–Kier alpha value is -1.41. The Morgan fingerprint density at radius 2 is 1.95 bits per heavy atom. The minimum atomic E-state index is -3.36. The number of amides is 1. The smallest absolute Gasteiger partial charge is 0.326 e. The lowest BCUT2D eigenvalue weighted by Crippen LogP contribution is -2.41. The van der Waals surface area contributed by atoms with Crippen molar-refractivity contribution in [1.29, 1.82) is 0 Å². The van der Waals surface area contributed by atoms with Crippen molar-refractivity contribution in [2.45, 2.75) is 30.5 Å². The quantitative estimate of drug-likeness (QED) is 0.825. The molecule has 1 heterocycles. The Balaban J connectivity index is 2.84. The highest BCUT2D eigenvalue weighted by Gasteiger charge is 2.23. The topological polar surface area (TPSA) is 101 Å². The van der Waals surface area contributed by atoms with Crippen LogP contribution in [-0.2, 0) is 14.6 Å². The fraction of sp³-hybridized carbons (Fsp3) is 0.500. The van der Waals surface area contributed by atoms with Crippen molar-refractivity contribution in [3.05, 3.63) is 17.0 Å². The van der Waals surface area contributed by atoms with Gasteiger partial charge in [0, 0.05) is 6.26 Å². The van der Waals surface area contributed by atoms with Crippen molar-refractivity contribution in [3.8, 4) is 0 Å². The molecule has 0 fully saturated rings. The second-order valence-corrected chi connectivity index (χ2v) is 8.21. The summed E-state index contributed by atoms with van der Waals surface area (Å²) in [6.07, 6.45) is 1.37. The van der Waals surface area contributed by atoms with Gasteiger partial charge in [-0.25, -0.2) is 13.2 Å². The Bertz CT molecular complexity index is 603. The third-order valence-electron chi connectivity index (χ3n) is 2.48. The van der Waals surface area contributed by atoms with Crippen molar-refractivity contribution >= 4 is 33.1 Å². The average Bonchev–Trinajstić information content (AvgIpc) is 2.75. The number of carbonyl (C=O) groups is 2. The SMILES string of the molecule is CC(C)C[C@H](NC(=O)c1ccc(S(C)(=O)=O)s1)C(=O)O. The fourth-order valence-corrected chi connectivity index (χ4v) is 3.39. The highest BCUT2D eigenvalue weighted by atomic mass is 32.2. The number of nitrogens with one attached hydrogen (secondary N) is 1. The summed E-state index contributed by atoms with van der Waals surface area (Å²) in [5.41, 5.74) is 0. The molecule has 1 rings (SSSR count). The van der Waals surface area contributed by atoms with Crippen LogP contribution in [-0.4, -0.2) is 37.7 Å². The molecule has 1 atom stereocenters. The molecule has 0 aliphatic rings. The molecule has 1 aromatic heterocycles. The summed E-state index contributed by atoms with van der Waals surface area (Å²) in [7, 11) is -3.36. The summed E-state index contributed by atoms with van der Waals surface area (Å²) in [6, 6.07) is 1.74. The highest BCUT2D eigenvalue weighted by Crippen LogP contribution is 2.21. The van der Waals surface area contributed by atoms with Gasteiger partial charge in [-0.1, -0.05) is 13.8 Å². The lowest BCUT2D eigenvalue weighted by Gasteiger charge is -2.15. The zero-order chi connectivity index (χ0) is 15.5. The molecule has 0 bridgehead atoms. The number of thiophene rings is 1. The van der Waals surface area contributed by atoms with Gasteiger partial charge in [0.15, 0.2) is 9.84 Å². The number of sulfone groups is 1. The summed E-state index contributed by atoms with van der Waals surface area (Å²) >= 11 is 0.828. The molecule has 1 aromatic rings. The molecule has 6 nitrogen and oxygen atoms in total. The first-order valence-electron chi connectivity index (χ1n) is 5.95. The van der Waals surface area contributed by atoms with E-state index in [1.165, 1.54) is 12.1 Å². The highest BCUT2D eigenvalue weighted by molar-refractivity contribution is 7.92. The van der Waals surface area contributed by atoms with Gasteiger partial charge in [-0.2, -0.15) is 0 Å². The summed E-state index contributed by atoms with van der Waals surface area (Å²) < 4.78 is 22.7. The molecular formula is C12H17NO5S2. The molecule has 0 saturated carbocycles. The van der Waals surface area contributed by atoms with Gasteiger partial charge >= 0.3 is 5.97 Å². The van der Waals surface area contributed by atoms with Gasteiger partial charge < -0.3 is 10.4 Å². The van der Waals surface area contributed by atoms with Gasteiger partial charge in [0.25, 0.3) is 5.91 Å². The third kappa shape index (κ3) is 4.61. The predicted octanol–water partition coefficient (Wildman–Crippen LogP) is 1.38. The lowest BCUT2D eigenvalue weighted by atomic mass is 10.0. The molecule has 0 aliphatic carbocycles. The molecule has 2 N–H and O–H groups in total. The van der Waals surface area contributed by atoms with Gasteiger partial charge in [-0.3, -0.25) is 4.79 Å². The van der Waals surface area contributed by atoms with Crippen LogP contribution in [0.4, 0.5) is 0 Å². The largest absolute Gasteiger partial charge is 0.480 e. The van der Waals surface area contributed by atoms with Crippen LogP contribution in [0.25, 0.3) is 0 Å². The van der Waals surface area contributed by atoms with E-state index >= 15 is 0 Å². The predicted molar refractivity (Wildman–Crippen MR) is 75.8 cm³/mol. The molecular weight excluding hydrogens is 302 g/mol. The van der Waals surface area contributed by atoms with Crippen LogP contribution in [0, 0.1) is 5.92 Å². The first kappa shape index (κ1) is 16.6. The summed E-state index contributed by atoms with van der Waals surface area (Å²) in [5.74, 6) is -1.56. The number of carboxylic acids is 1. The summed E-state index contributed by atoms with van der Waals surface area (Å²) in [5, 5.41) is 11.5. The molecule has 0 spiro atoms. The van der Waals surface area contributed by atoms with Gasteiger partial charge in [0.05, 0.1) is 4.88 Å². The molecule has 0 radical (unpaired) electrons. The lowest BCUT2D eigenvalue weighted by molar-refractivity contribution is -0.139. The first-order chi connectivity index (χ1) is 9.11. The number of carboxylic acid groups (broad SMARTS) is 1. The van der Waals surface area contributed by atoms with Crippen LogP contribution in [0.15, 0.2) is 16.3 Å². The van der Waals surface area contributed by atoms with E-state index < -0.39 is 27.8 Å². The standard InChI is InChI=1S/C12H17NO5S2/c1-7(2)6-8(12(15)16)13-11(14)9-4-5-10(19-9)20(3,17)18/h4-5,7-8H,6H2,1-3H3,(H,13,14)(H,15,16)/t8-/m0/s1. The van der Waals surface area contributed by atoms with Gasteiger partial charge in [0.2, 0.25) is 0 Å². The fourth-order valence-electron chi connectivity index (χ4n) is 1.56. The maximum atomic E-state index is 11.9. The van der Waals surface area contributed by atoms with E-state index in [1.54, 1.807) is 0 Å². The van der Waals surface area contributed by atoms with E-state index in [9.17, 15) is 18.0 Å². The molecule has 112 valence electrons. The number of hydrogen-bond donors (Lipinski definition) is 2. The zero-order valence-electron chi connectivity index (χ0n) is 11.4. The Morgan fingerprint density at radius 1 is 1.35 bits per heavy atom. The number of carbonyl (C=O) groups excluding carboxylic acids is 1. The van der Waals surface area contributed by atoms with Crippen LogP contribution in [0.5, 0.6) is 0 Å². The number of rotatable bonds is 6. The molecule has 0 aromatic carbocycles. The van der Waals surface area contributed by atoms with Crippen LogP contribution < -0.4 is 5.32 Å². The second kappa shape index (κ2) is 6.36. The van der Waals surface area contributed by atoms with Crippen molar-refractivity contribution < 1.29 is 23.1 Å². The van der Waals surface area contributed by atoms with Crippen LogP contribution in [0.3, 0.4) is 0 Å². The molecule has 8 heteroatoms. The maximum absolute atomic E-state index is 11.9. The van der Waals surface area contributed by atoms with Gasteiger partial charge in [-0.15, -0.1) is 11.3 Å². The third-order valence-corrected chi connectivity index (χ3v) is 5.39. The first-order valence-corrected chi connectivity index (χ1v) is 8.65. The molecule has 0 unspecified atom stereocenters. The monoisotopic (exact) mass is 319 g/mol. The molecule has 0 aliphatic heterocycles. The van der Waals surface area contributed by atoms with E-state index in [2.05, 4.69) is 5.32 Å². The Kier molecular flexibility index (Phi) is 5.29. The molecule has 20 heavy (non-hydrogen) atoms. The second-order valence-electron chi connectivity index (χ2n) is 4.88. The van der Waals surface area contributed by atoms with Crippen molar-refractivity contribution in [1.82, 2.24) is 5.32 Å². The van der Waals surface area contributed by atoms with Crippen molar-refractivity contribution in [2.75, 3.05) is 6.26 Å². The van der Waals surface area contributed by atoms with E-state index in [-0.39, 0.29) is 15.0 Å². The summed E-state index contributed by atoms with van der Waals surface area (Å²) in [6.45, 7) is 3.71. The van der Waals surface area contributed by atoms with Crippen molar-refractivity contribution in [2.24, 2.45) is 5.92 Å². The van der Waals surface area contributed by atoms with Gasteiger partial charge in [0.1, 0.15) is 10.3 Å². The molecule has 0 saturated heterocycles. The van der Waals surface area contributed by atoms with E-state index in [1.807, 2.05) is 13.8 Å². The van der Waals surface area contributed by atoms with Crippen LogP contribution in [0.2, 0.25) is 0 Å². The number of hydrogen-bond acceptors (Lipinski definition) is 5. The summed E-state index contributed by atoms with van der Waals surface area (Å²) in [4.78, 5) is 23.2. The number of aliphatic carboxylic acids is 1.